The third kappa shape index (κ3) is 163. The summed E-state index contributed by atoms with van der Waals surface area (Å²) in [4.78, 5) is 0. The molecule has 9 heteroatoms. The maximum Gasteiger partial charge on any atom is 4.00 e. The minimum atomic E-state index is 0. The van der Waals surface area contributed by atoms with E-state index < -0.39 is 0 Å². The van der Waals surface area contributed by atoms with Crippen LogP contribution in [0.5, 0.6) is 0 Å². The van der Waals surface area contributed by atoms with Gasteiger partial charge in [0.25, 0.3) is 0 Å². The Balaban J connectivity index is -0.00000000396. The average Bonchev–Trinajstić information content (AvgIpc) is 2.33. The average molecular weight is 293 g/mol. The fourth-order valence-electron chi connectivity index (χ4n) is 0. The molecule has 8 nitrogen and oxygen atoms in total. The van der Waals surface area contributed by atoms with Gasteiger partial charge in [-0.05, 0) is 0 Å². The Labute approximate surface area is 103 Å². The van der Waals surface area contributed by atoms with Gasteiger partial charge in [-0.15, -0.1) is 0 Å². The fourth-order valence-corrected chi connectivity index (χ4v) is 0. The van der Waals surface area contributed by atoms with Gasteiger partial charge < -0.3 is 83.3 Å². The molecule has 0 aliphatic carbocycles. The van der Waals surface area contributed by atoms with E-state index in [1.54, 1.807) is 0 Å². The molecule has 0 unspecified atom stereocenters. The van der Waals surface area contributed by atoms with Crippen molar-refractivity contribution in [3.63, 3.8) is 0 Å². The molecule has 80 valence electrons. The van der Waals surface area contributed by atoms with E-state index in [0.29, 0.717) is 0 Å². The van der Waals surface area contributed by atoms with Gasteiger partial charge in [0.15, 0.2) is 0 Å². The SMILES string of the molecule is [C-]#N.[C-]#N.[C-]#N.[C-]#N.[C-]#N.[C-]#N.[NH4+].[NH4+].[Ru+4]. The molecule has 0 aromatic rings. The van der Waals surface area contributed by atoms with Crippen molar-refractivity contribution in [3.05, 3.63) is 39.4 Å². The Morgan fingerprint density at radius 2 is 0.333 bits per heavy atom. The van der Waals surface area contributed by atoms with Crippen LogP contribution >= 0.6 is 0 Å². The number of nitrogens with zero attached hydrogens (tertiary/aromatic N) is 6. The van der Waals surface area contributed by atoms with Crippen molar-refractivity contribution in [2.24, 2.45) is 0 Å². The number of hydrogen-bond acceptors (Lipinski definition) is 6. The van der Waals surface area contributed by atoms with E-state index in [9.17, 15) is 0 Å². The first-order valence-electron chi connectivity index (χ1n) is 1.34. The zero-order valence-electron chi connectivity index (χ0n) is 8.04. The molecule has 0 atom stereocenters. The van der Waals surface area contributed by atoms with Gasteiger partial charge in [-0.1, -0.05) is 0 Å². The second-order valence-corrected chi connectivity index (χ2v) is 0. The molecule has 0 rings (SSSR count). The van der Waals surface area contributed by atoms with Crippen LogP contribution in [0.4, 0.5) is 0 Å². The first-order chi connectivity index (χ1) is 6.00. The summed E-state index contributed by atoms with van der Waals surface area (Å²) in [7, 11) is 0. The molecule has 0 bridgehead atoms. The molecule has 0 aliphatic heterocycles. The summed E-state index contributed by atoms with van der Waals surface area (Å²) in [5, 5.41) is 37.5. The predicted octanol–water partition coefficient (Wildman–Crippen LogP) is 1.33. The molecule has 0 saturated carbocycles. The van der Waals surface area contributed by atoms with Gasteiger partial charge in [0.05, 0.1) is 0 Å². The van der Waals surface area contributed by atoms with Gasteiger partial charge in [-0.2, -0.15) is 0 Å². The van der Waals surface area contributed by atoms with Crippen molar-refractivity contribution in [1.29, 1.82) is 31.6 Å². The molecule has 8 N–H and O–H groups in total. The summed E-state index contributed by atoms with van der Waals surface area (Å²) < 4.78 is 0. The molecular formula is C6H8N8Ru. The van der Waals surface area contributed by atoms with Gasteiger partial charge in [0.2, 0.25) is 0 Å². The van der Waals surface area contributed by atoms with Gasteiger partial charge in [-0.25, -0.2) is 0 Å². The second kappa shape index (κ2) is 199. The monoisotopic (exact) mass is 294 g/mol. The van der Waals surface area contributed by atoms with Crippen LogP contribution in [-0.2, 0) is 19.5 Å². The summed E-state index contributed by atoms with van der Waals surface area (Å²) in [6.45, 7) is 28.5. The molecule has 15 heavy (non-hydrogen) atoms. The number of hydrogen-bond donors (Lipinski definition) is 2. The Hall–Kier alpha value is -2.52. The first kappa shape index (κ1) is 136. The first-order valence-corrected chi connectivity index (χ1v) is 1.34. The quantitative estimate of drug-likeness (QED) is 0.495. The molecule has 0 heterocycles. The van der Waals surface area contributed by atoms with Crippen LogP contribution in [0.3, 0.4) is 0 Å². The van der Waals surface area contributed by atoms with E-state index in [4.69, 9.17) is 71.0 Å². The third-order valence-corrected chi connectivity index (χ3v) is 0. The van der Waals surface area contributed by atoms with E-state index in [-0.39, 0.29) is 31.8 Å². The Kier molecular flexibility index (Phi) is 1800. The van der Waals surface area contributed by atoms with Gasteiger partial charge in [-0.3, -0.25) is 0 Å². The van der Waals surface area contributed by atoms with Gasteiger partial charge in [0.1, 0.15) is 0 Å². The van der Waals surface area contributed by atoms with E-state index in [1.165, 1.54) is 0 Å². The van der Waals surface area contributed by atoms with Crippen molar-refractivity contribution < 1.29 is 19.5 Å². The molecular weight excluding hydrogens is 285 g/mol. The van der Waals surface area contributed by atoms with E-state index >= 15 is 0 Å². The Morgan fingerprint density at radius 1 is 0.333 bits per heavy atom. The minimum absolute atomic E-state index is 0. The number of rotatable bonds is 0. The van der Waals surface area contributed by atoms with Crippen molar-refractivity contribution in [2.45, 2.75) is 0 Å². The maximum atomic E-state index is 6.25. The van der Waals surface area contributed by atoms with Crippen LogP contribution in [0.1, 0.15) is 0 Å². The normalized spacial score (nSPS) is 0.800. The zero-order chi connectivity index (χ0) is 12.0. The zero-order valence-corrected chi connectivity index (χ0v) is 9.77. The van der Waals surface area contributed by atoms with Crippen LogP contribution in [0.25, 0.3) is 0 Å². The van der Waals surface area contributed by atoms with Crippen molar-refractivity contribution >= 4 is 0 Å². The van der Waals surface area contributed by atoms with Crippen molar-refractivity contribution in [3.8, 4) is 0 Å². The molecule has 0 fully saturated rings. The maximum absolute atomic E-state index is 6.25. The largest absolute Gasteiger partial charge is 4.00 e. The smallest absolute Gasteiger partial charge is 0.512 e. The topological polar surface area (TPSA) is 216 Å². The van der Waals surface area contributed by atoms with Crippen LogP contribution < -0.4 is 12.3 Å². The van der Waals surface area contributed by atoms with Crippen molar-refractivity contribution in [1.82, 2.24) is 12.3 Å². The molecule has 0 spiro atoms. The molecule has 0 saturated heterocycles. The Morgan fingerprint density at radius 3 is 0.333 bits per heavy atom. The predicted molar refractivity (Wildman–Crippen MR) is 41.8 cm³/mol. The van der Waals surface area contributed by atoms with E-state index in [0.717, 1.165) is 0 Å². The van der Waals surface area contributed by atoms with Crippen LogP contribution in [0.15, 0.2) is 0 Å². The van der Waals surface area contributed by atoms with Crippen LogP contribution in [-0.4, -0.2) is 0 Å². The minimum Gasteiger partial charge on any atom is -0.512 e. The Bertz CT molecular complexity index is 94.2. The summed E-state index contributed by atoms with van der Waals surface area (Å²) in [5.41, 5.74) is 0. The van der Waals surface area contributed by atoms with Gasteiger partial charge >= 0.3 is 19.5 Å². The second-order valence-electron chi connectivity index (χ2n) is 0. The van der Waals surface area contributed by atoms with Gasteiger partial charge in [0, 0.05) is 0 Å². The fraction of sp³-hybridized carbons (Fsp3) is 0. The molecule has 0 aromatic heterocycles. The van der Waals surface area contributed by atoms with Crippen molar-refractivity contribution in [2.75, 3.05) is 0 Å². The molecule has 0 radical (unpaired) electrons. The van der Waals surface area contributed by atoms with E-state index in [2.05, 4.69) is 0 Å². The summed E-state index contributed by atoms with van der Waals surface area (Å²) in [5.74, 6) is 0. The molecule has 0 aromatic carbocycles. The standard InChI is InChI=1S/6CN.2H3N.Ru/c6*1-2;;;/h;;;;;;2*1H3;/q6*-1;;;+4/p+2. The molecule has 0 aliphatic rings. The van der Waals surface area contributed by atoms with Crippen LogP contribution in [0, 0.1) is 71.0 Å². The number of quaternary nitrogens is 2. The third-order valence-electron chi connectivity index (χ3n) is 0. The van der Waals surface area contributed by atoms with Crippen LogP contribution in [0.2, 0.25) is 0 Å². The van der Waals surface area contributed by atoms with E-state index in [1.807, 2.05) is 0 Å². The summed E-state index contributed by atoms with van der Waals surface area (Å²) >= 11 is 0. The summed E-state index contributed by atoms with van der Waals surface area (Å²) in [6, 6.07) is 0. The molecule has 0 amide bonds. The summed E-state index contributed by atoms with van der Waals surface area (Å²) in [6.07, 6.45) is 0.